The van der Waals surface area contributed by atoms with Gasteiger partial charge in [-0.25, -0.2) is 0 Å². The average molecular weight is 271 g/mol. The van der Waals surface area contributed by atoms with Crippen LogP contribution in [0.2, 0.25) is 0 Å². The predicted octanol–water partition coefficient (Wildman–Crippen LogP) is 1.43. The highest BCUT2D eigenvalue weighted by molar-refractivity contribution is 7.80. The highest BCUT2D eigenvalue weighted by Gasteiger charge is 2.23. The number of hydrogen-bond acceptors (Lipinski definition) is 3. The van der Waals surface area contributed by atoms with Crippen LogP contribution in [0.3, 0.4) is 0 Å². The van der Waals surface area contributed by atoms with Crippen LogP contribution in [0.5, 0.6) is 0 Å². The fourth-order valence-electron chi connectivity index (χ4n) is 2.44. The third-order valence-electron chi connectivity index (χ3n) is 3.68. The van der Waals surface area contributed by atoms with Crippen molar-refractivity contribution >= 4 is 23.1 Å². The van der Waals surface area contributed by atoms with E-state index in [1.807, 2.05) is 6.92 Å². The summed E-state index contributed by atoms with van der Waals surface area (Å²) in [5.41, 5.74) is 5.51. The Labute approximate surface area is 115 Å². The van der Waals surface area contributed by atoms with Gasteiger partial charge in [-0.15, -0.1) is 0 Å². The van der Waals surface area contributed by atoms with Crippen LogP contribution >= 0.6 is 12.2 Å². The van der Waals surface area contributed by atoms with Gasteiger partial charge in [0.15, 0.2) is 0 Å². The van der Waals surface area contributed by atoms with Crippen molar-refractivity contribution in [1.29, 1.82) is 0 Å². The molecule has 1 atom stereocenters. The summed E-state index contributed by atoms with van der Waals surface area (Å²) >= 11 is 4.88. The lowest BCUT2D eigenvalue weighted by Crippen LogP contribution is -2.48. The van der Waals surface area contributed by atoms with E-state index in [4.69, 9.17) is 18.0 Å². The zero-order valence-corrected chi connectivity index (χ0v) is 12.3. The molecular formula is C13H25N3OS. The molecule has 0 aromatic carbocycles. The van der Waals surface area contributed by atoms with Crippen molar-refractivity contribution in [2.24, 2.45) is 5.73 Å². The van der Waals surface area contributed by atoms with Gasteiger partial charge in [-0.2, -0.15) is 0 Å². The first-order valence-electron chi connectivity index (χ1n) is 6.87. The van der Waals surface area contributed by atoms with Crippen molar-refractivity contribution in [2.45, 2.75) is 58.0 Å². The second-order valence-corrected chi connectivity index (χ2v) is 5.54. The van der Waals surface area contributed by atoms with Gasteiger partial charge in [-0.3, -0.25) is 9.69 Å². The van der Waals surface area contributed by atoms with Gasteiger partial charge in [0, 0.05) is 19.0 Å². The molecule has 104 valence electrons. The number of thiocarbonyl (C=S) groups is 1. The molecule has 0 aromatic heterocycles. The summed E-state index contributed by atoms with van der Waals surface area (Å²) in [7, 11) is 0. The Balaban J connectivity index is 2.40. The van der Waals surface area contributed by atoms with Gasteiger partial charge in [0.2, 0.25) is 5.91 Å². The first kappa shape index (κ1) is 15.4. The van der Waals surface area contributed by atoms with Gasteiger partial charge in [0.05, 0.1) is 11.0 Å². The first-order valence-corrected chi connectivity index (χ1v) is 7.28. The third-order valence-corrected chi connectivity index (χ3v) is 3.88. The van der Waals surface area contributed by atoms with E-state index in [9.17, 15) is 4.79 Å². The molecule has 1 rings (SSSR count). The molecule has 4 nitrogen and oxygen atoms in total. The molecule has 0 radical (unpaired) electrons. The summed E-state index contributed by atoms with van der Waals surface area (Å²) in [6.07, 6.45) is 5.38. The quantitative estimate of drug-likeness (QED) is 0.688. The lowest BCUT2D eigenvalue weighted by molar-refractivity contribution is -0.126. The van der Waals surface area contributed by atoms with Crippen LogP contribution in [0.15, 0.2) is 0 Å². The fraction of sp³-hybridized carbons (Fsp3) is 0.846. The minimum absolute atomic E-state index is 0.107. The average Bonchev–Trinajstić information content (AvgIpc) is 2.81. The van der Waals surface area contributed by atoms with Crippen LogP contribution in [0.1, 0.15) is 46.0 Å². The molecule has 1 amide bonds. The van der Waals surface area contributed by atoms with E-state index in [0.717, 1.165) is 25.9 Å². The molecule has 0 spiro atoms. The van der Waals surface area contributed by atoms with Crippen LogP contribution in [0, 0.1) is 0 Å². The number of nitrogens with one attached hydrogen (secondary N) is 1. The van der Waals surface area contributed by atoms with E-state index in [2.05, 4.69) is 17.1 Å². The van der Waals surface area contributed by atoms with Gasteiger partial charge in [-0.05, 0) is 26.3 Å². The molecule has 5 heteroatoms. The first-order chi connectivity index (χ1) is 8.54. The maximum Gasteiger partial charge on any atom is 0.237 e. The van der Waals surface area contributed by atoms with Crippen LogP contribution in [-0.2, 0) is 4.79 Å². The van der Waals surface area contributed by atoms with Gasteiger partial charge < -0.3 is 11.1 Å². The SMILES string of the molecule is CCN(CCC(N)=S)C(C)C(=O)NC1CCCC1. The summed E-state index contributed by atoms with van der Waals surface area (Å²) < 4.78 is 0. The molecule has 1 unspecified atom stereocenters. The lowest BCUT2D eigenvalue weighted by Gasteiger charge is -2.27. The minimum Gasteiger partial charge on any atom is -0.393 e. The Kier molecular flexibility index (Phi) is 6.57. The zero-order chi connectivity index (χ0) is 13.5. The smallest absolute Gasteiger partial charge is 0.237 e. The molecular weight excluding hydrogens is 246 g/mol. The number of carbonyl (C=O) groups is 1. The Bertz CT molecular complexity index is 290. The largest absolute Gasteiger partial charge is 0.393 e. The fourth-order valence-corrected chi connectivity index (χ4v) is 2.53. The maximum absolute atomic E-state index is 12.1. The Morgan fingerprint density at radius 2 is 2.11 bits per heavy atom. The molecule has 1 aliphatic rings. The number of carbonyl (C=O) groups excluding carboxylic acids is 1. The monoisotopic (exact) mass is 271 g/mol. The highest BCUT2D eigenvalue weighted by atomic mass is 32.1. The number of hydrogen-bond donors (Lipinski definition) is 2. The Morgan fingerprint density at radius 3 is 2.61 bits per heavy atom. The summed E-state index contributed by atoms with van der Waals surface area (Å²) in [6, 6.07) is 0.277. The molecule has 0 aliphatic heterocycles. The van der Waals surface area contributed by atoms with E-state index in [0.29, 0.717) is 17.5 Å². The Hall–Kier alpha value is -0.680. The highest BCUT2D eigenvalue weighted by Crippen LogP contribution is 2.18. The van der Waals surface area contributed by atoms with Gasteiger partial charge in [0.25, 0.3) is 0 Å². The van der Waals surface area contributed by atoms with Crippen LogP contribution < -0.4 is 11.1 Å². The van der Waals surface area contributed by atoms with Gasteiger partial charge >= 0.3 is 0 Å². The number of amides is 1. The van der Waals surface area contributed by atoms with Crippen molar-refractivity contribution in [1.82, 2.24) is 10.2 Å². The second kappa shape index (κ2) is 7.69. The maximum atomic E-state index is 12.1. The van der Waals surface area contributed by atoms with E-state index in [1.165, 1.54) is 12.8 Å². The topological polar surface area (TPSA) is 58.4 Å². The molecule has 18 heavy (non-hydrogen) atoms. The van der Waals surface area contributed by atoms with Crippen molar-refractivity contribution in [3.05, 3.63) is 0 Å². The molecule has 1 fully saturated rings. The summed E-state index contributed by atoms with van der Waals surface area (Å²) in [5, 5.41) is 3.14. The van der Waals surface area contributed by atoms with E-state index >= 15 is 0 Å². The molecule has 0 aromatic rings. The van der Waals surface area contributed by atoms with E-state index in [1.54, 1.807) is 0 Å². The number of nitrogens with zero attached hydrogens (tertiary/aromatic N) is 1. The minimum atomic E-state index is -0.107. The van der Waals surface area contributed by atoms with Crippen LogP contribution in [0.4, 0.5) is 0 Å². The lowest BCUT2D eigenvalue weighted by atomic mass is 10.2. The van der Waals surface area contributed by atoms with Crippen molar-refractivity contribution in [3.63, 3.8) is 0 Å². The molecule has 3 N–H and O–H groups in total. The standard InChI is InChI=1S/C13H25N3OS/c1-3-16(9-8-12(14)18)10(2)13(17)15-11-6-4-5-7-11/h10-11H,3-9H2,1-2H3,(H2,14,18)(H,15,17). The van der Waals surface area contributed by atoms with Crippen LogP contribution in [0.25, 0.3) is 0 Å². The Morgan fingerprint density at radius 1 is 1.50 bits per heavy atom. The van der Waals surface area contributed by atoms with Gasteiger partial charge in [-0.1, -0.05) is 32.0 Å². The van der Waals surface area contributed by atoms with E-state index in [-0.39, 0.29) is 11.9 Å². The normalized spacial score (nSPS) is 17.9. The number of rotatable bonds is 7. The molecule has 0 saturated heterocycles. The molecule has 0 heterocycles. The molecule has 0 bridgehead atoms. The summed E-state index contributed by atoms with van der Waals surface area (Å²) in [4.78, 5) is 14.8. The third kappa shape index (κ3) is 4.90. The van der Waals surface area contributed by atoms with Gasteiger partial charge in [0.1, 0.15) is 0 Å². The van der Waals surface area contributed by atoms with E-state index < -0.39 is 0 Å². The number of likely N-dealkylation sites (N-methyl/N-ethyl adjacent to an activating group) is 1. The predicted molar refractivity (Wildman–Crippen MR) is 78.5 cm³/mol. The molecule has 1 aliphatic carbocycles. The summed E-state index contributed by atoms with van der Waals surface area (Å²) in [6.45, 7) is 5.60. The van der Waals surface area contributed by atoms with Crippen molar-refractivity contribution in [2.75, 3.05) is 13.1 Å². The number of nitrogens with two attached hydrogens (primary N) is 1. The summed E-state index contributed by atoms with van der Waals surface area (Å²) in [5.74, 6) is 0.131. The van der Waals surface area contributed by atoms with Crippen molar-refractivity contribution in [3.8, 4) is 0 Å². The van der Waals surface area contributed by atoms with Crippen molar-refractivity contribution < 1.29 is 4.79 Å². The molecule has 1 saturated carbocycles. The second-order valence-electron chi connectivity index (χ2n) is 5.01. The zero-order valence-electron chi connectivity index (χ0n) is 11.4. The van der Waals surface area contributed by atoms with Crippen LogP contribution in [-0.4, -0.2) is 41.0 Å².